The van der Waals surface area contributed by atoms with Crippen molar-refractivity contribution >= 4 is 21.6 Å². The van der Waals surface area contributed by atoms with Gasteiger partial charge in [-0.05, 0) is 61.7 Å². The van der Waals surface area contributed by atoms with Gasteiger partial charge in [0.15, 0.2) is 0 Å². The number of rotatable bonds is 7. The van der Waals surface area contributed by atoms with Crippen LogP contribution in [0, 0.1) is 6.92 Å². The summed E-state index contributed by atoms with van der Waals surface area (Å²) in [5.74, 6) is -0.576. The normalized spacial score (nSPS) is 11.2. The summed E-state index contributed by atoms with van der Waals surface area (Å²) in [5, 5.41) is 0. The molecular weight excluding hydrogens is 382 g/mol. The van der Waals surface area contributed by atoms with Crippen LogP contribution in [0.5, 0.6) is 0 Å². The molecule has 0 atom stereocenters. The SMILES string of the molecule is CCCCc1ccc(N(C(=O)c2ccccc2)S(=O)(=O)c2ccc(C)cc2)cc1. The molecule has 1 amide bonds. The second-order valence-corrected chi connectivity index (χ2v) is 8.81. The molecule has 0 aromatic heterocycles. The summed E-state index contributed by atoms with van der Waals surface area (Å²) in [4.78, 5) is 13.3. The number of anilines is 1. The average molecular weight is 408 g/mol. The summed E-state index contributed by atoms with van der Waals surface area (Å²) in [6.07, 6.45) is 3.07. The molecule has 0 fully saturated rings. The van der Waals surface area contributed by atoms with Gasteiger partial charge in [0, 0.05) is 5.56 Å². The molecule has 0 spiro atoms. The minimum atomic E-state index is -4.06. The smallest absolute Gasteiger partial charge is 0.268 e. The van der Waals surface area contributed by atoms with Gasteiger partial charge >= 0.3 is 0 Å². The number of aryl methyl sites for hydroxylation is 2. The average Bonchev–Trinajstić information content (AvgIpc) is 2.74. The molecule has 0 unspecified atom stereocenters. The summed E-state index contributed by atoms with van der Waals surface area (Å²) < 4.78 is 27.7. The Morgan fingerprint density at radius 1 is 0.862 bits per heavy atom. The van der Waals surface area contributed by atoms with Gasteiger partial charge in [-0.2, -0.15) is 4.31 Å². The van der Waals surface area contributed by atoms with E-state index in [9.17, 15) is 13.2 Å². The Labute approximate surface area is 172 Å². The van der Waals surface area contributed by atoms with E-state index in [0.717, 1.165) is 34.7 Å². The van der Waals surface area contributed by atoms with Crippen LogP contribution in [0.3, 0.4) is 0 Å². The van der Waals surface area contributed by atoms with E-state index in [1.54, 1.807) is 54.6 Å². The number of carbonyl (C=O) groups excluding carboxylic acids is 1. The predicted octanol–water partition coefficient (Wildman–Crippen LogP) is 5.37. The Kier molecular flexibility index (Phi) is 6.49. The van der Waals surface area contributed by atoms with Crippen LogP contribution < -0.4 is 4.31 Å². The van der Waals surface area contributed by atoms with E-state index in [1.165, 1.54) is 12.1 Å². The van der Waals surface area contributed by atoms with Gasteiger partial charge in [-0.25, -0.2) is 8.42 Å². The molecule has 0 aliphatic carbocycles. The summed E-state index contributed by atoms with van der Waals surface area (Å²) in [7, 11) is -4.06. The quantitative estimate of drug-likeness (QED) is 0.529. The Morgan fingerprint density at radius 3 is 2.07 bits per heavy atom. The van der Waals surface area contributed by atoms with Crippen LogP contribution in [-0.4, -0.2) is 14.3 Å². The van der Waals surface area contributed by atoms with Gasteiger partial charge in [0.1, 0.15) is 0 Å². The van der Waals surface area contributed by atoms with Crippen LogP contribution in [0.4, 0.5) is 5.69 Å². The third-order valence-corrected chi connectivity index (χ3v) is 6.48. The van der Waals surface area contributed by atoms with Crippen molar-refractivity contribution in [3.63, 3.8) is 0 Å². The molecule has 0 saturated heterocycles. The molecular formula is C24H25NO3S. The molecule has 0 heterocycles. The van der Waals surface area contributed by atoms with E-state index in [1.807, 2.05) is 19.1 Å². The Morgan fingerprint density at radius 2 is 1.48 bits per heavy atom. The number of unbranched alkanes of at least 4 members (excludes halogenated alkanes) is 1. The molecule has 0 aliphatic rings. The number of nitrogens with zero attached hydrogens (tertiary/aromatic N) is 1. The van der Waals surface area contributed by atoms with E-state index >= 15 is 0 Å². The molecule has 0 saturated carbocycles. The van der Waals surface area contributed by atoms with Gasteiger partial charge in [-0.3, -0.25) is 4.79 Å². The number of carbonyl (C=O) groups is 1. The van der Waals surface area contributed by atoms with Gasteiger partial charge in [-0.15, -0.1) is 0 Å². The molecule has 0 radical (unpaired) electrons. The lowest BCUT2D eigenvalue weighted by molar-refractivity contribution is 0.101. The third-order valence-electron chi connectivity index (χ3n) is 4.75. The van der Waals surface area contributed by atoms with Crippen LogP contribution in [0.15, 0.2) is 83.8 Å². The lowest BCUT2D eigenvalue weighted by atomic mass is 10.1. The van der Waals surface area contributed by atoms with Gasteiger partial charge in [0.25, 0.3) is 15.9 Å². The van der Waals surface area contributed by atoms with Crippen molar-refractivity contribution in [3.8, 4) is 0 Å². The fourth-order valence-electron chi connectivity index (χ4n) is 3.06. The molecule has 5 heteroatoms. The third kappa shape index (κ3) is 4.74. The number of hydrogen-bond donors (Lipinski definition) is 0. The minimum Gasteiger partial charge on any atom is -0.268 e. The first-order chi connectivity index (χ1) is 13.9. The van der Waals surface area contributed by atoms with Crippen LogP contribution in [0.1, 0.15) is 41.3 Å². The van der Waals surface area contributed by atoms with Crippen molar-refractivity contribution in [3.05, 3.63) is 95.6 Å². The second-order valence-electron chi connectivity index (χ2n) is 7.02. The minimum absolute atomic E-state index is 0.0856. The second kappa shape index (κ2) is 9.05. The highest BCUT2D eigenvalue weighted by Gasteiger charge is 2.31. The molecule has 3 rings (SSSR count). The molecule has 0 bridgehead atoms. The van der Waals surface area contributed by atoms with Crippen LogP contribution in [0.25, 0.3) is 0 Å². The summed E-state index contributed by atoms with van der Waals surface area (Å²) in [6, 6.07) is 22.2. The summed E-state index contributed by atoms with van der Waals surface area (Å²) >= 11 is 0. The van der Waals surface area contributed by atoms with E-state index in [4.69, 9.17) is 0 Å². The number of sulfonamides is 1. The maximum atomic E-state index is 13.4. The van der Waals surface area contributed by atoms with E-state index < -0.39 is 15.9 Å². The molecule has 0 N–H and O–H groups in total. The highest BCUT2D eigenvalue weighted by molar-refractivity contribution is 7.93. The van der Waals surface area contributed by atoms with Crippen LogP contribution in [0.2, 0.25) is 0 Å². The Bertz CT molecular complexity index is 1060. The highest BCUT2D eigenvalue weighted by Crippen LogP contribution is 2.27. The summed E-state index contributed by atoms with van der Waals surface area (Å²) in [6.45, 7) is 4.01. The number of hydrogen-bond acceptors (Lipinski definition) is 3. The van der Waals surface area contributed by atoms with E-state index in [0.29, 0.717) is 11.3 Å². The number of benzene rings is 3. The lowest BCUT2D eigenvalue weighted by Crippen LogP contribution is -2.37. The lowest BCUT2D eigenvalue weighted by Gasteiger charge is -2.23. The van der Waals surface area contributed by atoms with Gasteiger partial charge in [0.2, 0.25) is 0 Å². The molecule has 4 nitrogen and oxygen atoms in total. The van der Waals surface area contributed by atoms with Gasteiger partial charge in [-0.1, -0.05) is 61.4 Å². The zero-order chi connectivity index (χ0) is 20.9. The first-order valence-electron chi connectivity index (χ1n) is 9.74. The fraction of sp³-hybridized carbons (Fsp3) is 0.208. The highest BCUT2D eigenvalue weighted by atomic mass is 32.2. The molecule has 3 aromatic carbocycles. The maximum Gasteiger partial charge on any atom is 0.272 e. The van der Waals surface area contributed by atoms with Crippen molar-refractivity contribution in [2.24, 2.45) is 0 Å². The Balaban J connectivity index is 2.07. The maximum absolute atomic E-state index is 13.4. The van der Waals surface area contributed by atoms with Crippen molar-refractivity contribution in [2.45, 2.75) is 38.0 Å². The molecule has 29 heavy (non-hydrogen) atoms. The molecule has 150 valence electrons. The van der Waals surface area contributed by atoms with Crippen LogP contribution in [-0.2, 0) is 16.4 Å². The van der Waals surface area contributed by atoms with Crippen molar-refractivity contribution in [1.29, 1.82) is 0 Å². The van der Waals surface area contributed by atoms with Gasteiger partial charge < -0.3 is 0 Å². The number of amides is 1. The van der Waals surface area contributed by atoms with Crippen LogP contribution >= 0.6 is 0 Å². The zero-order valence-corrected chi connectivity index (χ0v) is 17.5. The largest absolute Gasteiger partial charge is 0.272 e. The van der Waals surface area contributed by atoms with Crippen molar-refractivity contribution in [1.82, 2.24) is 0 Å². The van der Waals surface area contributed by atoms with Crippen molar-refractivity contribution in [2.75, 3.05) is 4.31 Å². The predicted molar refractivity (Wildman–Crippen MR) is 117 cm³/mol. The van der Waals surface area contributed by atoms with E-state index in [2.05, 4.69) is 6.92 Å². The first-order valence-corrected chi connectivity index (χ1v) is 11.2. The van der Waals surface area contributed by atoms with Crippen molar-refractivity contribution < 1.29 is 13.2 Å². The zero-order valence-electron chi connectivity index (χ0n) is 16.7. The first kappa shape index (κ1) is 20.8. The molecule has 3 aromatic rings. The molecule has 0 aliphatic heterocycles. The monoisotopic (exact) mass is 407 g/mol. The topological polar surface area (TPSA) is 54.5 Å². The Hall–Kier alpha value is -2.92. The van der Waals surface area contributed by atoms with Gasteiger partial charge in [0.05, 0.1) is 10.6 Å². The fourth-order valence-corrected chi connectivity index (χ4v) is 4.47. The standard InChI is InChI=1S/C24H25NO3S/c1-3-4-8-20-13-15-22(16-14-20)25(24(26)21-9-6-5-7-10-21)29(27,28)23-17-11-19(2)12-18-23/h5-7,9-18H,3-4,8H2,1-2H3. The summed E-state index contributed by atoms with van der Waals surface area (Å²) in [5.41, 5.74) is 2.72. The van der Waals surface area contributed by atoms with E-state index in [-0.39, 0.29) is 4.90 Å².